The third kappa shape index (κ3) is 6.04. The van der Waals surface area contributed by atoms with Crippen LogP contribution in [0.3, 0.4) is 0 Å². The van der Waals surface area contributed by atoms with Crippen molar-refractivity contribution in [3.8, 4) is 0 Å². The molecule has 10 nitrogen and oxygen atoms in total. The van der Waals surface area contributed by atoms with Crippen LogP contribution in [0.25, 0.3) is 11.2 Å². The van der Waals surface area contributed by atoms with Gasteiger partial charge in [-0.15, -0.1) is 11.8 Å². The molecule has 0 unspecified atom stereocenters. The molecule has 33 heavy (non-hydrogen) atoms. The molecule has 3 atom stereocenters. The lowest BCUT2D eigenvalue weighted by Gasteiger charge is -2.37. The van der Waals surface area contributed by atoms with E-state index in [1.807, 2.05) is 20.4 Å². The summed E-state index contributed by atoms with van der Waals surface area (Å²) >= 11 is 1.62. The van der Waals surface area contributed by atoms with Crippen molar-refractivity contribution < 1.29 is 13.9 Å². The second kappa shape index (κ2) is 10.3. The number of aromatic amines is 1. The smallest absolute Gasteiger partial charge is 0.280 e. The number of hydrogen-bond acceptors (Lipinski definition) is 8. The number of nitrogens with one attached hydrogen (secondary N) is 1. The lowest BCUT2D eigenvalue weighted by molar-refractivity contribution is -0.0507. The molecule has 0 amide bonds. The van der Waals surface area contributed by atoms with Crippen LogP contribution in [0.15, 0.2) is 16.1 Å². The minimum atomic E-state index is -1.94. The standard InChI is InChI=1S/C21H36N6O4SSi/c1-21(2,3)33(7,8)30-10-15-14(29-13-32-6)9-16(31-15)27-12-22-17-18(27)24-20(25-19(17)28)23-11-26(4)5/h11-12,14-16H,9-10,13H2,1-8H3,(H,24,25,28)/t14-,15-,16-/m1/s1. The molecule has 2 aromatic rings. The van der Waals surface area contributed by atoms with Crippen LogP contribution in [0.4, 0.5) is 5.95 Å². The SMILES string of the molecule is CSCO[C@@H]1C[C@H](n2cnc3c(=O)[nH]c(N=CN(C)C)nc32)O[C@@H]1CO[Si](C)(C)C(C)(C)C. The third-order valence-corrected chi connectivity index (χ3v) is 11.0. The Morgan fingerprint density at radius 3 is 2.79 bits per heavy atom. The Balaban J connectivity index is 1.86. The summed E-state index contributed by atoms with van der Waals surface area (Å²) in [6.45, 7) is 11.6. The van der Waals surface area contributed by atoms with Crippen molar-refractivity contribution in [3.63, 3.8) is 0 Å². The fourth-order valence-corrected chi connectivity index (χ4v) is 4.54. The fourth-order valence-electron chi connectivity index (χ4n) is 3.22. The van der Waals surface area contributed by atoms with Crippen LogP contribution in [0, 0.1) is 0 Å². The van der Waals surface area contributed by atoms with E-state index in [0.717, 1.165) is 0 Å². The van der Waals surface area contributed by atoms with Crippen molar-refractivity contribution in [1.82, 2.24) is 24.4 Å². The van der Waals surface area contributed by atoms with Gasteiger partial charge in [0.2, 0.25) is 5.95 Å². The Hall–Kier alpha value is -1.73. The Kier molecular flexibility index (Phi) is 8.05. The average molecular weight is 497 g/mol. The Bertz CT molecular complexity index is 1030. The van der Waals surface area contributed by atoms with Gasteiger partial charge < -0.3 is 18.8 Å². The van der Waals surface area contributed by atoms with Gasteiger partial charge in [0.15, 0.2) is 19.5 Å². The lowest BCUT2D eigenvalue weighted by Crippen LogP contribution is -2.44. The number of nitrogens with zero attached hydrogens (tertiary/aromatic N) is 5. The molecule has 3 heterocycles. The highest BCUT2D eigenvalue weighted by molar-refractivity contribution is 7.98. The molecule has 0 aliphatic carbocycles. The second-order valence-corrected chi connectivity index (χ2v) is 15.6. The molecule has 184 valence electrons. The summed E-state index contributed by atoms with van der Waals surface area (Å²) in [5, 5.41) is 0.107. The van der Waals surface area contributed by atoms with Gasteiger partial charge in [-0.05, 0) is 24.4 Å². The number of aromatic nitrogens is 4. The molecule has 1 fully saturated rings. The first-order chi connectivity index (χ1) is 15.4. The van der Waals surface area contributed by atoms with Gasteiger partial charge in [-0.1, -0.05) is 20.8 Å². The number of rotatable bonds is 9. The molecular weight excluding hydrogens is 460 g/mol. The van der Waals surface area contributed by atoms with Crippen molar-refractivity contribution in [1.29, 1.82) is 0 Å². The zero-order valence-corrected chi connectivity index (χ0v) is 22.6. The molecule has 1 saturated heterocycles. The number of hydrogen-bond donors (Lipinski definition) is 1. The number of fused-ring (bicyclic) bond motifs is 1. The first kappa shape index (κ1) is 25.9. The van der Waals surface area contributed by atoms with Crippen LogP contribution < -0.4 is 5.56 Å². The number of ether oxygens (including phenoxy) is 2. The maximum Gasteiger partial charge on any atom is 0.280 e. The fraction of sp³-hybridized carbons (Fsp3) is 0.714. The van der Waals surface area contributed by atoms with Crippen LogP contribution in [0.5, 0.6) is 0 Å². The molecule has 2 aromatic heterocycles. The molecule has 0 aromatic carbocycles. The van der Waals surface area contributed by atoms with E-state index in [-0.39, 0.29) is 40.5 Å². The molecule has 0 bridgehead atoms. The van der Waals surface area contributed by atoms with Crippen molar-refractivity contribution in [2.75, 3.05) is 32.9 Å². The lowest BCUT2D eigenvalue weighted by atomic mass is 10.2. The predicted molar refractivity (Wildman–Crippen MR) is 135 cm³/mol. The predicted octanol–water partition coefficient (Wildman–Crippen LogP) is 3.36. The van der Waals surface area contributed by atoms with Gasteiger partial charge in [-0.2, -0.15) is 4.98 Å². The average Bonchev–Trinajstić information content (AvgIpc) is 3.32. The van der Waals surface area contributed by atoms with Crippen molar-refractivity contribution in [2.45, 2.75) is 63.8 Å². The van der Waals surface area contributed by atoms with E-state index >= 15 is 0 Å². The van der Waals surface area contributed by atoms with Crippen molar-refractivity contribution in [3.05, 3.63) is 16.7 Å². The number of imidazole rings is 1. The minimum absolute atomic E-state index is 0.107. The molecule has 1 N–H and O–H groups in total. The largest absolute Gasteiger partial charge is 0.414 e. The van der Waals surface area contributed by atoms with Gasteiger partial charge >= 0.3 is 0 Å². The molecule has 0 saturated carbocycles. The van der Waals surface area contributed by atoms with Crippen LogP contribution in [-0.4, -0.2) is 84.2 Å². The Labute approximate surface area is 200 Å². The number of H-pyrrole nitrogens is 1. The quantitative estimate of drug-likeness (QED) is 0.244. The molecule has 3 rings (SSSR count). The summed E-state index contributed by atoms with van der Waals surface area (Å²) in [6, 6.07) is 0. The highest BCUT2D eigenvalue weighted by Crippen LogP contribution is 2.38. The summed E-state index contributed by atoms with van der Waals surface area (Å²) in [6.07, 6.45) is 5.08. The van der Waals surface area contributed by atoms with E-state index in [9.17, 15) is 4.79 Å². The van der Waals surface area contributed by atoms with E-state index in [1.54, 1.807) is 33.9 Å². The number of thioether (sulfide) groups is 1. The first-order valence-corrected chi connectivity index (χ1v) is 15.3. The van der Waals surface area contributed by atoms with Gasteiger partial charge in [0, 0.05) is 20.5 Å². The Morgan fingerprint density at radius 2 is 2.15 bits per heavy atom. The minimum Gasteiger partial charge on any atom is -0.414 e. The Morgan fingerprint density at radius 1 is 1.42 bits per heavy atom. The normalized spacial score (nSPS) is 22.0. The van der Waals surface area contributed by atoms with E-state index in [0.29, 0.717) is 24.6 Å². The summed E-state index contributed by atoms with van der Waals surface area (Å²) in [4.78, 5) is 29.9. The monoisotopic (exact) mass is 496 g/mol. The van der Waals surface area contributed by atoms with Gasteiger partial charge in [0.1, 0.15) is 12.3 Å². The van der Waals surface area contributed by atoms with Gasteiger partial charge in [-0.25, -0.2) is 9.98 Å². The molecule has 0 spiro atoms. The second-order valence-electron chi connectivity index (χ2n) is 9.97. The third-order valence-electron chi connectivity index (χ3n) is 6.14. The highest BCUT2D eigenvalue weighted by Gasteiger charge is 2.42. The van der Waals surface area contributed by atoms with Crippen molar-refractivity contribution >= 4 is 43.5 Å². The van der Waals surface area contributed by atoms with Gasteiger partial charge in [0.25, 0.3) is 5.56 Å². The molecular formula is C21H36N6O4SSi. The first-order valence-electron chi connectivity index (χ1n) is 11.0. The number of aliphatic imine (C=N–C) groups is 1. The van der Waals surface area contributed by atoms with Crippen LogP contribution >= 0.6 is 11.8 Å². The van der Waals surface area contributed by atoms with Crippen LogP contribution in [0.1, 0.15) is 33.4 Å². The zero-order chi connectivity index (χ0) is 24.4. The zero-order valence-electron chi connectivity index (χ0n) is 20.8. The van der Waals surface area contributed by atoms with Crippen molar-refractivity contribution in [2.24, 2.45) is 4.99 Å². The van der Waals surface area contributed by atoms with E-state index in [2.05, 4.69) is 53.8 Å². The van der Waals surface area contributed by atoms with E-state index in [1.165, 1.54) is 0 Å². The highest BCUT2D eigenvalue weighted by atomic mass is 32.2. The molecule has 0 radical (unpaired) electrons. The molecule has 1 aliphatic rings. The van der Waals surface area contributed by atoms with E-state index < -0.39 is 8.32 Å². The summed E-state index contributed by atoms with van der Waals surface area (Å²) < 4.78 is 20.7. The van der Waals surface area contributed by atoms with Gasteiger partial charge in [-0.3, -0.25) is 14.3 Å². The maximum absolute atomic E-state index is 12.5. The van der Waals surface area contributed by atoms with Crippen LogP contribution in [-0.2, 0) is 13.9 Å². The molecule has 12 heteroatoms. The summed E-state index contributed by atoms with van der Waals surface area (Å²) in [7, 11) is 1.75. The molecule has 1 aliphatic heterocycles. The summed E-state index contributed by atoms with van der Waals surface area (Å²) in [5.41, 5.74) is 0.352. The topological polar surface area (TPSA) is 107 Å². The summed E-state index contributed by atoms with van der Waals surface area (Å²) in [5.74, 6) is 0.789. The van der Waals surface area contributed by atoms with Gasteiger partial charge in [0.05, 0.1) is 31.3 Å². The maximum atomic E-state index is 12.5. The van der Waals surface area contributed by atoms with E-state index in [4.69, 9.17) is 13.9 Å². The van der Waals surface area contributed by atoms with Crippen LogP contribution in [0.2, 0.25) is 18.1 Å².